The monoisotopic (exact) mass is 367 g/mol. The van der Waals surface area contributed by atoms with Crippen LogP contribution in [0.2, 0.25) is 0 Å². The number of pyridine rings is 1. The molecule has 1 heterocycles. The van der Waals surface area contributed by atoms with E-state index in [9.17, 15) is 22.4 Å². The summed E-state index contributed by atoms with van der Waals surface area (Å²) in [7, 11) is 0. The number of halogens is 4. The molecule has 0 aliphatic carbocycles. The van der Waals surface area contributed by atoms with Gasteiger partial charge in [0.2, 0.25) is 0 Å². The van der Waals surface area contributed by atoms with E-state index in [1.54, 1.807) is 6.07 Å². The van der Waals surface area contributed by atoms with Gasteiger partial charge >= 0.3 is 6.18 Å². The van der Waals surface area contributed by atoms with Gasteiger partial charge in [-0.15, -0.1) is 0 Å². The third kappa shape index (κ3) is 4.92. The number of nitrogens with one attached hydrogen (secondary N) is 1. The minimum Gasteiger partial charge on any atom is -0.490 e. The number of carbonyl (C=O) groups excluding carboxylic acids is 1. The van der Waals surface area contributed by atoms with E-state index in [0.29, 0.717) is 18.6 Å². The first-order valence-electron chi connectivity index (χ1n) is 7.46. The highest BCUT2D eigenvalue weighted by molar-refractivity contribution is 6.04. The Hall–Kier alpha value is -3.15. The fourth-order valence-electron chi connectivity index (χ4n) is 2.00. The molecular weight excluding hydrogens is 354 g/mol. The number of ether oxygens (including phenoxy) is 1. The van der Waals surface area contributed by atoms with Crippen LogP contribution < -0.4 is 10.1 Å². The number of hydrogen-bond acceptors (Lipinski definition) is 4. The molecule has 1 aromatic heterocycles. The van der Waals surface area contributed by atoms with Gasteiger partial charge in [-0.25, -0.2) is 9.37 Å². The van der Waals surface area contributed by atoms with Crippen molar-refractivity contribution in [3.8, 4) is 11.8 Å². The van der Waals surface area contributed by atoms with Gasteiger partial charge in [0.15, 0.2) is 11.6 Å². The third-order valence-corrected chi connectivity index (χ3v) is 3.23. The molecule has 136 valence electrons. The summed E-state index contributed by atoms with van der Waals surface area (Å²) in [6.45, 7) is 0.205. The molecule has 1 aromatic carbocycles. The molecular formula is C17H13F4N3O2. The van der Waals surface area contributed by atoms with Crippen LogP contribution in [0, 0.1) is 17.1 Å². The summed E-state index contributed by atoms with van der Waals surface area (Å²) in [6.07, 6.45) is -2.80. The van der Waals surface area contributed by atoms with Crippen molar-refractivity contribution in [2.45, 2.75) is 19.0 Å². The van der Waals surface area contributed by atoms with Crippen molar-refractivity contribution >= 4 is 11.7 Å². The van der Waals surface area contributed by atoms with Crippen LogP contribution in [0.25, 0.3) is 0 Å². The lowest BCUT2D eigenvalue weighted by molar-refractivity contribution is -0.140. The summed E-state index contributed by atoms with van der Waals surface area (Å²) in [5, 5.41) is 10.8. The molecule has 2 aromatic rings. The molecule has 0 bridgehead atoms. The summed E-state index contributed by atoms with van der Waals surface area (Å²) in [5.74, 6) is -2.14. The third-order valence-electron chi connectivity index (χ3n) is 3.23. The highest BCUT2D eigenvalue weighted by atomic mass is 19.4. The fraction of sp³-hybridized carbons (Fsp3) is 0.235. The molecule has 1 amide bonds. The predicted molar refractivity (Wildman–Crippen MR) is 83.9 cm³/mol. The van der Waals surface area contributed by atoms with Crippen LogP contribution in [0.5, 0.6) is 5.75 Å². The topological polar surface area (TPSA) is 75.0 Å². The van der Waals surface area contributed by atoms with Crippen LogP contribution in [0.15, 0.2) is 36.5 Å². The maximum atomic E-state index is 13.3. The molecule has 0 atom stereocenters. The van der Waals surface area contributed by atoms with Gasteiger partial charge in [0, 0.05) is 18.2 Å². The Bertz CT molecular complexity index is 831. The molecule has 5 nitrogen and oxygen atoms in total. The molecule has 0 saturated heterocycles. The number of nitriles is 1. The zero-order chi connectivity index (χ0) is 19.2. The Morgan fingerprint density at radius 1 is 1.31 bits per heavy atom. The Kier molecular flexibility index (Phi) is 6.11. The predicted octanol–water partition coefficient (Wildman–Crippen LogP) is 4.17. The van der Waals surface area contributed by atoms with Gasteiger partial charge in [0.1, 0.15) is 5.82 Å². The van der Waals surface area contributed by atoms with Crippen LogP contribution in [-0.2, 0) is 6.18 Å². The number of benzene rings is 1. The van der Waals surface area contributed by atoms with Crippen LogP contribution in [-0.4, -0.2) is 17.5 Å². The van der Waals surface area contributed by atoms with Gasteiger partial charge < -0.3 is 10.1 Å². The van der Waals surface area contributed by atoms with E-state index < -0.39 is 23.5 Å². The van der Waals surface area contributed by atoms with Gasteiger partial charge in [-0.2, -0.15) is 18.4 Å². The van der Waals surface area contributed by atoms with Crippen molar-refractivity contribution in [1.29, 1.82) is 5.26 Å². The van der Waals surface area contributed by atoms with Gasteiger partial charge in [-0.05, 0) is 36.8 Å². The fourth-order valence-corrected chi connectivity index (χ4v) is 2.00. The molecule has 26 heavy (non-hydrogen) atoms. The first-order valence-corrected chi connectivity index (χ1v) is 7.46. The van der Waals surface area contributed by atoms with Crippen molar-refractivity contribution in [3.63, 3.8) is 0 Å². The molecule has 2 rings (SSSR count). The second-order valence-electron chi connectivity index (χ2n) is 5.11. The zero-order valence-corrected chi connectivity index (χ0v) is 13.3. The number of unbranched alkanes of at least 4 members (excludes halogenated alkanes) is 1. The van der Waals surface area contributed by atoms with Crippen molar-refractivity contribution in [3.05, 3.63) is 53.5 Å². The van der Waals surface area contributed by atoms with E-state index in [-0.39, 0.29) is 30.2 Å². The highest BCUT2D eigenvalue weighted by Gasteiger charge is 2.34. The van der Waals surface area contributed by atoms with E-state index in [2.05, 4.69) is 10.3 Å². The minimum atomic E-state index is -4.92. The number of rotatable bonds is 6. The standard InChI is InChI=1S/C17H13F4N3O2/c18-13-6-5-11(10-12(13)17(19,20)21)16(25)24-15-14(4-3-8-23-15)26-9-2-1-7-22/h3-6,8,10H,1-2,9H2,(H,23,24,25). The van der Waals surface area contributed by atoms with Crippen LogP contribution in [0.4, 0.5) is 23.4 Å². The lowest BCUT2D eigenvalue weighted by Crippen LogP contribution is -2.16. The lowest BCUT2D eigenvalue weighted by Gasteiger charge is -2.12. The van der Waals surface area contributed by atoms with E-state index in [0.717, 1.165) is 6.07 Å². The summed E-state index contributed by atoms with van der Waals surface area (Å²) in [4.78, 5) is 16.1. The molecule has 0 aliphatic rings. The number of nitrogens with zero attached hydrogens (tertiary/aromatic N) is 2. The summed E-state index contributed by atoms with van der Waals surface area (Å²) < 4.78 is 57.0. The lowest BCUT2D eigenvalue weighted by atomic mass is 10.1. The molecule has 0 fully saturated rings. The van der Waals surface area contributed by atoms with Gasteiger partial charge in [0.05, 0.1) is 18.2 Å². The van der Waals surface area contributed by atoms with Crippen molar-refractivity contribution in [1.82, 2.24) is 4.98 Å². The van der Waals surface area contributed by atoms with Crippen LogP contribution in [0.3, 0.4) is 0 Å². The maximum Gasteiger partial charge on any atom is 0.419 e. The van der Waals surface area contributed by atoms with Crippen molar-refractivity contribution in [2.24, 2.45) is 0 Å². The van der Waals surface area contributed by atoms with E-state index >= 15 is 0 Å². The summed E-state index contributed by atoms with van der Waals surface area (Å²) in [5.41, 5.74) is -1.90. The van der Waals surface area contributed by atoms with E-state index in [4.69, 9.17) is 10.00 Å². The smallest absolute Gasteiger partial charge is 0.419 e. The SMILES string of the molecule is N#CCCCOc1cccnc1NC(=O)c1ccc(F)c(C(F)(F)F)c1. The van der Waals surface area contributed by atoms with Crippen molar-refractivity contribution < 1.29 is 27.1 Å². The largest absolute Gasteiger partial charge is 0.490 e. The maximum absolute atomic E-state index is 13.3. The first-order chi connectivity index (χ1) is 12.3. The minimum absolute atomic E-state index is 0.00680. The summed E-state index contributed by atoms with van der Waals surface area (Å²) >= 11 is 0. The van der Waals surface area contributed by atoms with Crippen LogP contribution in [0.1, 0.15) is 28.8 Å². The van der Waals surface area contributed by atoms with Crippen LogP contribution >= 0.6 is 0 Å². The molecule has 0 unspecified atom stereocenters. The summed E-state index contributed by atoms with van der Waals surface area (Å²) in [6, 6.07) is 6.97. The molecule has 0 radical (unpaired) electrons. The average Bonchev–Trinajstić information content (AvgIpc) is 2.59. The number of carbonyl (C=O) groups is 1. The molecule has 0 spiro atoms. The first kappa shape index (κ1) is 19.2. The molecule has 9 heteroatoms. The number of alkyl halides is 3. The molecule has 0 saturated carbocycles. The Labute approximate surface area is 146 Å². The molecule has 0 aliphatic heterocycles. The van der Waals surface area contributed by atoms with Crippen molar-refractivity contribution in [2.75, 3.05) is 11.9 Å². The number of aromatic nitrogens is 1. The Morgan fingerprint density at radius 3 is 2.77 bits per heavy atom. The second kappa shape index (κ2) is 8.29. The number of anilines is 1. The van der Waals surface area contributed by atoms with Gasteiger partial charge in [0.25, 0.3) is 5.91 Å². The Balaban J connectivity index is 2.17. The quantitative estimate of drug-likeness (QED) is 0.614. The Morgan fingerprint density at radius 2 is 2.08 bits per heavy atom. The van der Waals surface area contributed by atoms with Gasteiger partial charge in [-0.3, -0.25) is 4.79 Å². The number of hydrogen-bond donors (Lipinski definition) is 1. The van der Waals surface area contributed by atoms with E-state index in [1.807, 2.05) is 6.07 Å². The van der Waals surface area contributed by atoms with E-state index in [1.165, 1.54) is 12.3 Å². The molecule has 1 N–H and O–H groups in total. The van der Waals surface area contributed by atoms with Gasteiger partial charge in [-0.1, -0.05) is 0 Å². The number of amides is 1. The normalized spacial score (nSPS) is 10.9. The second-order valence-corrected chi connectivity index (χ2v) is 5.11. The average molecular weight is 367 g/mol. The highest BCUT2D eigenvalue weighted by Crippen LogP contribution is 2.32. The zero-order valence-electron chi connectivity index (χ0n) is 13.3.